The van der Waals surface area contributed by atoms with Crippen molar-refractivity contribution < 1.29 is 9.21 Å². The minimum absolute atomic E-state index is 0.0920. The Morgan fingerprint density at radius 3 is 2.52 bits per heavy atom. The average Bonchev–Trinajstić information content (AvgIpc) is 2.75. The smallest absolute Gasteiger partial charge is 0.349 e. The molecule has 158 valence electrons. The second-order valence-electron chi connectivity index (χ2n) is 7.59. The fourth-order valence-corrected chi connectivity index (χ4v) is 3.52. The number of rotatable bonds is 3. The summed E-state index contributed by atoms with van der Waals surface area (Å²) in [5.74, 6) is -0.813. The molecule has 0 fully saturated rings. The molecule has 0 saturated carbocycles. The van der Waals surface area contributed by atoms with Crippen LogP contribution >= 0.6 is 0 Å². The Morgan fingerprint density at radius 1 is 1.10 bits per heavy atom. The number of hydrogen-bond acceptors (Lipinski definition) is 6. The van der Waals surface area contributed by atoms with Crippen LogP contribution in [0.1, 0.15) is 35.7 Å². The van der Waals surface area contributed by atoms with E-state index >= 15 is 0 Å². The molecule has 0 unspecified atom stereocenters. The second kappa shape index (κ2) is 7.35. The van der Waals surface area contributed by atoms with Gasteiger partial charge in [-0.05, 0) is 23.6 Å². The van der Waals surface area contributed by atoms with Crippen molar-refractivity contribution in [1.29, 1.82) is 0 Å². The normalized spacial score (nSPS) is 11.4. The number of aromatic nitrogens is 3. The molecule has 0 aliphatic carbocycles. The van der Waals surface area contributed by atoms with Gasteiger partial charge in [0.2, 0.25) is 0 Å². The molecule has 1 aromatic carbocycles. The van der Waals surface area contributed by atoms with Crippen LogP contribution in [0.3, 0.4) is 0 Å². The summed E-state index contributed by atoms with van der Waals surface area (Å²) in [6.07, 6.45) is 1.52. The fraction of sp³-hybridized carbons (Fsp3) is 0.227. The number of nitrogens with zero attached hydrogens (tertiary/aromatic N) is 3. The van der Waals surface area contributed by atoms with Crippen molar-refractivity contribution in [3.05, 3.63) is 78.9 Å². The van der Waals surface area contributed by atoms with Gasteiger partial charge in [-0.2, -0.15) is 0 Å². The van der Waals surface area contributed by atoms with Crippen molar-refractivity contribution in [2.45, 2.75) is 19.8 Å². The van der Waals surface area contributed by atoms with Gasteiger partial charge in [0.05, 0.1) is 5.69 Å². The molecule has 4 aromatic rings. The molecule has 9 nitrogen and oxygen atoms in total. The number of anilines is 1. The lowest BCUT2D eigenvalue weighted by molar-refractivity contribution is 0.102. The van der Waals surface area contributed by atoms with Crippen molar-refractivity contribution in [2.75, 3.05) is 5.32 Å². The molecule has 0 aliphatic rings. The summed E-state index contributed by atoms with van der Waals surface area (Å²) >= 11 is 0. The standard InChI is InChI=1S/C22H20N4O5/c1-11(2)14-10-23-18-16(20(28)26(4)22(30)25(18)3)17(14)24-19(27)13-9-12-7-5-6-8-15(12)31-21(13)29/h5-11H,1-4H3,(H,23,24,27). The molecule has 1 amide bonds. The molecule has 0 aliphatic heterocycles. The Bertz CT molecular complexity index is 1540. The summed E-state index contributed by atoms with van der Waals surface area (Å²) in [5, 5.41) is 3.39. The van der Waals surface area contributed by atoms with Crippen LogP contribution in [0.2, 0.25) is 0 Å². The van der Waals surface area contributed by atoms with Gasteiger partial charge in [0.15, 0.2) is 5.65 Å². The van der Waals surface area contributed by atoms with E-state index in [1.807, 2.05) is 13.8 Å². The predicted molar refractivity (Wildman–Crippen MR) is 117 cm³/mol. The third-order valence-corrected chi connectivity index (χ3v) is 5.24. The lowest BCUT2D eigenvalue weighted by Gasteiger charge is -2.17. The quantitative estimate of drug-likeness (QED) is 0.508. The van der Waals surface area contributed by atoms with E-state index in [0.29, 0.717) is 16.5 Å². The van der Waals surface area contributed by atoms with E-state index in [1.54, 1.807) is 24.3 Å². The molecular formula is C22H20N4O5. The van der Waals surface area contributed by atoms with Gasteiger partial charge in [-0.25, -0.2) is 14.6 Å². The highest BCUT2D eigenvalue weighted by atomic mass is 16.4. The van der Waals surface area contributed by atoms with Gasteiger partial charge in [0, 0.05) is 25.7 Å². The van der Waals surface area contributed by atoms with Gasteiger partial charge in [0.25, 0.3) is 11.5 Å². The van der Waals surface area contributed by atoms with E-state index in [9.17, 15) is 19.2 Å². The number of benzene rings is 1. The molecular weight excluding hydrogens is 400 g/mol. The number of amides is 1. The zero-order valence-corrected chi connectivity index (χ0v) is 17.4. The van der Waals surface area contributed by atoms with E-state index in [1.165, 1.54) is 30.9 Å². The molecule has 0 spiro atoms. The summed E-state index contributed by atoms with van der Waals surface area (Å²) in [6.45, 7) is 3.77. The first-order chi connectivity index (χ1) is 14.7. The number of nitrogens with one attached hydrogen (secondary N) is 1. The van der Waals surface area contributed by atoms with Crippen LogP contribution in [-0.4, -0.2) is 20.0 Å². The van der Waals surface area contributed by atoms with Crippen LogP contribution < -0.4 is 22.2 Å². The van der Waals surface area contributed by atoms with E-state index in [-0.39, 0.29) is 28.2 Å². The maximum absolute atomic E-state index is 13.1. The number of fused-ring (bicyclic) bond motifs is 2. The molecule has 0 radical (unpaired) electrons. The van der Waals surface area contributed by atoms with E-state index in [4.69, 9.17) is 4.42 Å². The molecule has 3 heterocycles. The van der Waals surface area contributed by atoms with Crippen LogP contribution in [0.15, 0.2) is 55.3 Å². The monoisotopic (exact) mass is 420 g/mol. The number of carbonyl (C=O) groups is 1. The summed E-state index contributed by atoms with van der Waals surface area (Å²) in [4.78, 5) is 55.0. The zero-order chi connectivity index (χ0) is 22.4. The molecule has 1 N–H and O–H groups in total. The van der Waals surface area contributed by atoms with E-state index < -0.39 is 22.8 Å². The Morgan fingerprint density at radius 2 is 1.81 bits per heavy atom. The highest BCUT2D eigenvalue weighted by Gasteiger charge is 2.22. The number of aryl methyl sites for hydroxylation is 1. The maximum Gasteiger partial charge on any atom is 0.349 e. The zero-order valence-electron chi connectivity index (χ0n) is 17.4. The summed E-state index contributed by atoms with van der Waals surface area (Å²) in [7, 11) is 2.85. The number of para-hydroxylation sites is 1. The third-order valence-electron chi connectivity index (χ3n) is 5.24. The van der Waals surface area contributed by atoms with Crippen molar-refractivity contribution in [1.82, 2.24) is 14.1 Å². The number of hydrogen-bond donors (Lipinski definition) is 1. The van der Waals surface area contributed by atoms with Crippen LogP contribution in [0.25, 0.3) is 22.0 Å². The Kier molecular flexibility index (Phi) is 4.81. The van der Waals surface area contributed by atoms with Crippen molar-refractivity contribution in [3.8, 4) is 0 Å². The first-order valence-corrected chi connectivity index (χ1v) is 9.63. The van der Waals surface area contributed by atoms with Crippen LogP contribution in [-0.2, 0) is 14.1 Å². The van der Waals surface area contributed by atoms with Crippen LogP contribution in [0.5, 0.6) is 0 Å². The predicted octanol–water partition coefficient (Wildman–Crippen LogP) is 2.11. The minimum atomic E-state index is -0.791. The van der Waals surface area contributed by atoms with E-state index in [0.717, 1.165) is 4.57 Å². The highest BCUT2D eigenvalue weighted by Crippen LogP contribution is 2.29. The number of pyridine rings is 1. The number of carbonyl (C=O) groups excluding carboxylic acids is 1. The van der Waals surface area contributed by atoms with Gasteiger partial charge in [0.1, 0.15) is 16.5 Å². The summed E-state index contributed by atoms with van der Waals surface area (Å²) < 4.78 is 7.44. The van der Waals surface area contributed by atoms with Gasteiger partial charge in [-0.3, -0.25) is 18.7 Å². The van der Waals surface area contributed by atoms with Gasteiger partial charge < -0.3 is 9.73 Å². The molecule has 9 heteroatoms. The second-order valence-corrected chi connectivity index (χ2v) is 7.59. The molecule has 31 heavy (non-hydrogen) atoms. The van der Waals surface area contributed by atoms with Crippen LogP contribution in [0.4, 0.5) is 5.69 Å². The molecule has 0 bridgehead atoms. The van der Waals surface area contributed by atoms with Gasteiger partial charge in [-0.15, -0.1) is 0 Å². The summed E-state index contributed by atoms with van der Waals surface area (Å²) in [5.41, 5.74) is -0.788. The third kappa shape index (κ3) is 3.24. The van der Waals surface area contributed by atoms with Gasteiger partial charge in [-0.1, -0.05) is 32.0 Å². The SMILES string of the molecule is CC(C)c1cnc2c(c1NC(=O)c1cc3ccccc3oc1=O)c(=O)n(C)c(=O)n2C. The van der Waals surface area contributed by atoms with E-state index in [2.05, 4.69) is 10.3 Å². The Hall–Kier alpha value is -4.01. The Balaban J connectivity index is 1.96. The first-order valence-electron chi connectivity index (χ1n) is 9.63. The first kappa shape index (κ1) is 20.3. The fourth-order valence-electron chi connectivity index (χ4n) is 3.52. The largest absolute Gasteiger partial charge is 0.422 e. The topological polar surface area (TPSA) is 116 Å². The molecule has 0 atom stereocenters. The van der Waals surface area contributed by atoms with Gasteiger partial charge >= 0.3 is 11.3 Å². The highest BCUT2D eigenvalue weighted by molar-refractivity contribution is 6.09. The minimum Gasteiger partial charge on any atom is -0.422 e. The van der Waals surface area contributed by atoms with Crippen molar-refractivity contribution in [2.24, 2.45) is 14.1 Å². The summed E-state index contributed by atoms with van der Waals surface area (Å²) in [6, 6.07) is 8.30. The molecule has 3 aromatic heterocycles. The lowest BCUT2D eigenvalue weighted by Crippen LogP contribution is -2.38. The van der Waals surface area contributed by atoms with Crippen molar-refractivity contribution in [3.63, 3.8) is 0 Å². The molecule has 0 saturated heterocycles. The lowest BCUT2D eigenvalue weighted by atomic mass is 10.0. The molecule has 4 rings (SSSR count). The Labute approximate surface area is 175 Å². The average molecular weight is 420 g/mol. The maximum atomic E-state index is 13.1. The van der Waals surface area contributed by atoms with Crippen molar-refractivity contribution >= 4 is 33.6 Å². The van der Waals surface area contributed by atoms with Crippen LogP contribution in [0, 0.1) is 0 Å².